The molecule has 0 aliphatic heterocycles. The molecule has 0 aliphatic carbocycles. The number of unbranched alkanes of at least 4 members (excludes halogenated alkanes) is 1. The zero-order chi connectivity index (χ0) is 24.9. The Morgan fingerprint density at radius 3 is 2.31 bits per heavy atom. The van der Waals surface area contributed by atoms with E-state index in [-0.39, 0.29) is 6.04 Å². The largest absolute Gasteiger partial charge is 0.324 e. The maximum atomic E-state index is 6.04. The van der Waals surface area contributed by atoms with Crippen molar-refractivity contribution in [2.24, 2.45) is 5.73 Å². The lowest BCUT2D eigenvalue weighted by Crippen LogP contribution is -2.06. The number of rotatable bonds is 9. The van der Waals surface area contributed by atoms with Crippen LogP contribution in [0.25, 0.3) is 33.9 Å². The van der Waals surface area contributed by atoms with Crippen molar-refractivity contribution in [3.63, 3.8) is 0 Å². The molecular weight excluding hydrogens is 448 g/mol. The number of H-pyrrole nitrogens is 1. The number of nitrogens with zero attached hydrogens (tertiary/aromatic N) is 6. The second-order valence-electron chi connectivity index (χ2n) is 9.02. The molecule has 182 valence electrons. The molecule has 0 fully saturated rings. The van der Waals surface area contributed by atoms with E-state index in [2.05, 4.69) is 82.1 Å². The second-order valence-corrected chi connectivity index (χ2v) is 9.02. The van der Waals surface area contributed by atoms with Crippen molar-refractivity contribution in [1.82, 2.24) is 35.4 Å². The summed E-state index contributed by atoms with van der Waals surface area (Å²) in [7, 11) is 0. The van der Waals surface area contributed by atoms with E-state index in [1.807, 2.05) is 29.8 Å². The molecule has 0 saturated carbocycles. The van der Waals surface area contributed by atoms with Gasteiger partial charge in [0.25, 0.3) is 0 Å². The van der Waals surface area contributed by atoms with Gasteiger partial charge in [0.15, 0.2) is 17.5 Å². The van der Waals surface area contributed by atoms with Gasteiger partial charge in [-0.3, -0.25) is 0 Å². The van der Waals surface area contributed by atoms with Crippen LogP contribution in [-0.4, -0.2) is 35.4 Å². The molecule has 0 amide bonds. The molecule has 3 N–H and O–H groups in total. The summed E-state index contributed by atoms with van der Waals surface area (Å²) in [4.78, 5) is 4.89. The number of tetrazole rings is 1. The van der Waals surface area contributed by atoms with Crippen LogP contribution >= 0.6 is 0 Å². The number of aryl methyl sites for hydroxylation is 1. The molecule has 3 aromatic carbocycles. The Labute approximate surface area is 210 Å². The highest BCUT2D eigenvalue weighted by molar-refractivity contribution is 5.80. The van der Waals surface area contributed by atoms with E-state index in [9.17, 15) is 0 Å². The summed E-state index contributed by atoms with van der Waals surface area (Å²) in [6.07, 6.45) is 3.06. The molecule has 0 aliphatic rings. The highest BCUT2D eigenvalue weighted by Crippen LogP contribution is 2.30. The third kappa shape index (κ3) is 5.08. The number of hydrogen-bond donors (Lipinski definition) is 2. The summed E-state index contributed by atoms with van der Waals surface area (Å²) in [5.74, 6) is 2.41. The Hall–Kier alpha value is -4.17. The average Bonchev–Trinajstić information content (AvgIpc) is 3.59. The summed E-state index contributed by atoms with van der Waals surface area (Å²) in [6.45, 7) is 4.81. The van der Waals surface area contributed by atoms with Crippen LogP contribution in [0, 0.1) is 0 Å². The third-order valence-corrected chi connectivity index (χ3v) is 6.29. The quantitative estimate of drug-likeness (QED) is 0.301. The van der Waals surface area contributed by atoms with E-state index in [4.69, 9.17) is 15.8 Å². The highest BCUT2D eigenvalue weighted by atomic mass is 15.5. The molecule has 8 nitrogen and oxygen atoms in total. The topological polar surface area (TPSA) is 111 Å². The first kappa shape index (κ1) is 23.6. The number of aromatic nitrogens is 7. The lowest BCUT2D eigenvalue weighted by atomic mass is 9.98. The predicted octanol–water partition coefficient (Wildman–Crippen LogP) is 5.20. The first-order valence-electron chi connectivity index (χ1n) is 12.3. The number of hydrogen-bond acceptors (Lipinski definition) is 6. The van der Waals surface area contributed by atoms with Gasteiger partial charge in [-0.15, -0.1) is 5.10 Å². The fraction of sp³-hybridized carbons (Fsp3) is 0.250. The van der Waals surface area contributed by atoms with Crippen molar-refractivity contribution in [1.29, 1.82) is 0 Å². The van der Waals surface area contributed by atoms with Crippen LogP contribution in [0.4, 0.5) is 0 Å². The maximum absolute atomic E-state index is 6.04. The average molecular weight is 479 g/mol. The van der Waals surface area contributed by atoms with E-state index in [0.717, 1.165) is 64.3 Å². The Balaban J connectivity index is 1.43. The van der Waals surface area contributed by atoms with Gasteiger partial charge in [-0.25, -0.2) is 14.8 Å². The summed E-state index contributed by atoms with van der Waals surface area (Å²) in [5, 5.41) is 19.2. The molecule has 5 rings (SSSR count). The lowest BCUT2D eigenvalue weighted by Gasteiger charge is -2.10. The van der Waals surface area contributed by atoms with Gasteiger partial charge in [-0.05, 0) is 46.0 Å². The number of aromatic amines is 1. The first-order chi connectivity index (χ1) is 17.6. The molecule has 1 atom stereocenters. The van der Waals surface area contributed by atoms with E-state index in [1.54, 1.807) is 0 Å². The molecule has 0 spiro atoms. The summed E-state index contributed by atoms with van der Waals surface area (Å²) < 4.78 is 2.01. The minimum Gasteiger partial charge on any atom is -0.324 e. The molecule has 1 unspecified atom stereocenters. The Kier molecular flexibility index (Phi) is 6.95. The Bertz CT molecular complexity index is 1400. The van der Waals surface area contributed by atoms with E-state index in [1.165, 1.54) is 0 Å². The molecule has 0 saturated heterocycles. The van der Waals surface area contributed by atoms with Crippen LogP contribution in [0.15, 0.2) is 72.8 Å². The summed E-state index contributed by atoms with van der Waals surface area (Å²) in [6, 6.07) is 24.9. The van der Waals surface area contributed by atoms with Crippen molar-refractivity contribution in [2.45, 2.75) is 45.7 Å². The summed E-state index contributed by atoms with van der Waals surface area (Å²) in [5.41, 5.74) is 12.5. The van der Waals surface area contributed by atoms with Gasteiger partial charge in [-0.1, -0.05) is 86.1 Å². The van der Waals surface area contributed by atoms with E-state index >= 15 is 0 Å². The lowest BCUT2D eigenvalue weighted by molar-refractivity contribution is 0.666. The van der Waals surface area contributed by atoms with Crippen molar-refractivity contribution < 1.29 is 0 Å². The van der Waals surface area contributed by atoms with Gasteiger partial charge in [0.2, 0.25) is 0 Å². The number of nitrogens with two attached hydrogens (primary N) is 1. The van der Waals surface area contributed by atoms with Crippen molar-refractivity contribution in [3.05, 3.63) is 89.7 Å². The monoisotopic (exact) mass is 478 g/mol. The van der Waals surface area contributed by atoms with Gasteiger partial charge >= 0.3 is 0 Å². The third-order valence-electron chi connectivity index (χ3n) is 6.29. The van der Waals surface area contributed by atoms with Gasteiger partial charge in [0.05, 0.1) is 6.54 Å². The van der Waals surface area contributed by atoms with Crippen LogP contribution in [0.2, 0.25) is 0 Å². The van der Waals surface area contributed by atoms with Gasteiger partial charge in [0.1, 0.15) is 0 Å². The van der Waals surface area contributed by atoms with Crippen molar-refractivity contribution in [2.75, 3.05) is 0 Å². The molecule has 2 aromatic heterocycles. The van der Waals surface area contributed by atoms with Gasteiger partial charge < -0.3 is 5.73 Å². The molecule has 0 bridgehead atoms. The number of nitrogens with one attached hydrogen (secondary N) is 1. The zero-order valence-electron chi connectivity index (χ0n) is 20.6. The second kappa shape index (κ2) is 10.6. The fourth-order valence-electron chi connectivity index (χ4n) is 4.27. The normalized spacial score (nSPS) is 12.1. The summed E-state index contributed by atoms with van der Waals surface area (Å²) >= 11 is 0. The van der Waals surface area contributed by atoms with Crippen LogP contribution in [0.5, 0.6) is 0 Å². The zero-order valence-corrected chi connectivity index (χ0v) is 20.6. The molecule has 8 heteroatoms. The van der Waals surface area contributed by atoms with E-state index < -0.39 is 0 Å². The van der Waals surface area contributed by atoms with E-state index in [0.29, 0.717) is 12.4 Å². The minimum absolute atomic E-state index is 0.000918. The van der Waals surface area contributed by atoms with Crippen LogP contribution in [-0.2, 0) is 13.0 Å². The molecular formula is C28H30N8. The van der Waals surface area contributed by atoms with Crippen LogP contribution in [0.3, 0.4) is 0 Å². The molecule has 2 heterocycles. The maximum Gasteiger partial charge on any atom is 0.180 e. The van der Waals surface area contributed by atoms with Gasteiger partial charge in [0, 0.05) is 23.6 Å². The Morgan fingerprint density at radius 1 is 0.917 bits per heavy atom. The highest BCUT2D eigenvalue weighted by Gasteiger charge is 2.14. The molecule has 36 heavy (non-hydrogen) atoms. The minimum atomic E-state index is 0.000918. The standard InChI is InChI=1S/C28H30N8/c1-3-4-9-26-30-28(23-16-14-21(15-17-23)19(2)29)36(33-26)18-20-10-12-22(13-11-20)24-7-5-6-8-25(24)27-31-34-35-32-27/h5-8,10-17,19H,3-4,9,18,29H2,1-2H3,(H,31,32,34,35). The Morgan fingerprint density at radius 2 is 1.64 bits per heavy atom. The smallest absolute Gasteiger partial charge is 0.180 e. The molecule has 5 aromatic rings. The SMILES string of the molecule is CCCCc1nc(-c2ccc(C(C)N)cc2)n(Cc2ccc(-c3ccccc3-c3nnn[nH]3)cc2)n1. The van der Waals surface area contributed by atoms with Crippen LogP contribution in [0.1, 0.15) is 49.7 Å². The predicted molar refractivity (Wildman–Crippen MR) is 141 cm³/mol. The first-order valence-corrected chi connectivity index (χ1v) is 12.3. The molecule has 0 radical (unpaired) electrons. The van der Waals surface area contributed by atoms with Crippen LogP contribution < -0.4 is 5.73 Å². The fourth-order valence-corrected chi connectivity index (χ4v) is 4.27. The van der Waals surface area contributed by atoms with Crippen molar-refractivity contribution >= 4 is 0 Å². The number of benzene rings is 3. The van der Waals surface area contributed by atoms with Gasteiger partial charge in [-0.2, -0.15) is 5.10 Å². The van der Waals surface area contributed by atoms with Crippen molar-refractivity contribution in [3.8, 4) is 33.9 Å².